The number of hydrogen-bond donors (Lipinski definition) is 3. The number of hydrogen-bond acceptors (Lipinski definition) is 3. The zero-order chi connectivity index (χ0) is 18.9. The van der Waals surface area contributed by atoms with Crippen LogP contribution in [0.2, 0.25) is 0 Å². The summed E-state index contributed by atoms with van der Waals surface area (Å²) in [5.74, 6) is 0.804. The normalized spacial score (nSPS) is 16.6. The van der Waals surface area contributed by atoms with Crippen LogP contribution in [0.5, 0.6) is 0 Å². The number of benzene rings is 1. The van der Waals surface area contributed by atoms with Crippen molar-refractivity contribution in [3.05, 3.63) is 24.0 Å². The minimum atomic E-state index is -0.474. The van der Waals surface area contributed by atoms with Gasteiger partial charge in [-0.25, -0.2) is 4.98 Å². The highest BCUT2D eigenvalue weighted by Crippen LogP contribution is 2.29. The number of rotatable bonds is 4. The van der Waals surface area contributed by atoms with Crippen molar-refractivity contribution in [1.82, 2.24) is 15.3 Å². The van der Waals surface area contributed by atoms with Crippen molar-refractivity contribution in [2.75, 3.05) is 5.32 Å². The van der Waals surface area contributed by atoms with Gasteiger partial charge in [0.25, 0.3) is 0 Å². The number of amides is 2. The maximum atomic E-state index is 12.8. The fourth-order valence-electron chi connectivity index (χ4n) is 3.57. The first-order valence-corrected chi connectivity index (χ1v) is 9.32. The minimum absolute atomic E-state index is 0.0680. The van der Waals surface area contributed by atoms with E-state index in [-0.39, 0.29) is 23.1 Å². The van der Waals surface area contributed by atoms with Crippen LogP contribution in [0.25, 0.3) is 11.0 Å². The number of fused-ring (bicyclic) bond motifs is 1. The first-order valence-electron chi connectivity index (χ1n) is 9.32. The Bertz CT molecular complexity index is 813. The second kappa shape index (κ2) is 7.09. The molecule has 0 spiro atoms. The van der Waals surface area contributed by atoms with Gasteiger partial charge in [0.2, 0.25) is 11.8 Å². The van der Waals surface area contributed by atoms with Crippen LogP contribution in [0.1, 0.15) is 59.2 Å². The highest BCUT2D eigenvalue weighted by Gasteiger charge is 2.31. The summed E-state index contributed by atoms with van der Waals surface area (Å²) in [7, 11) is 0. The number of H-pyrrole nitrogens is 1. The molecule has 1 aromatic heterocycles. The Morgan fingerprint density at radius 2 is 1.92 bits per heavy atom. The SMILES string of the molecule is CC(=O)N[C@H](C(=O)Nc1ccc2nc(C(C)(C)C)[nH]c2c1)C1CCCC1. The van der Waals surface area contributed by atoms with Crippen LogP contribution in [-0.2, 0) is 15.0 Å². The van der Waals surface area contributed by atoms with Gasteiger partial charge in [-0.2, -0.15) is 0 Å². The summed E-state index contributed by atoms with van der Waals surface area (Å²) in [6.45, 7) is 7.77. The van der Waals surface area contributed by atoms with E-state index in [4.69, 9.17) is 0 Å². The molecule has 140 valence electrons. The summed E-state index contributed by atoms with van der Waals surface area (Å²) in [6, 6.07) is 5.18. The first-order chi connectivity index (χ1) is 12.2. The largest absolute Gasteiger partial charge is 0.344 e. The lowest BCUT2D eigenvalue weighted by Crippen LogP contribution is -2.47. The molecule has 1 aromatic carbocycles. The van der Waals surface area contributed by atoms with Crippen LogP contribution in [0.3, 0.4) is 0 Å². The van der Waals surface area contributed by atoms with E-state index < -0.39 is 6.04 Å². The predicted octanol–water partition coefficient (Wildman–Crippen LogP) is 3.49. The molecule has 1 aliphatic carbocycles. The van der Waals surface area contributed by atoms with Crippen LogP contribution in [0, 0.1) is 5.92 Å². The molecule has 1 fully saturated rings. The maximum Gasteiger partial charge on any atom is 0.247 e. The van der Waals surface area contributed by atoms with Gasteiger partial charge < -0.3 is 15.6 Å². The van der Waals surface area contributed by atoms with E-state index in [0.29, 0.717) is 5.69 Å². The van der Waals surface area contributed by atoms with Crippen molar-refractivity contribution in [2.24, 2.45) is 5.92 Å². The highest BCUT2D eigenvalue weighted by atomic mass is 16.2. The molecule has 2 aromatic rings. The van der Waals surface area contributed by atoms with Crippen LogP contribution in [0.4, 0.5) is 5.69 Å². The third kappa shape index (κ3) is 4.06. The lowest BCUT2D eigenvalue weighted by Gasteiger charge is -2.23. The maximum absolute atomic E-state index is 12.8. The van der Waals surface area contributed by atoms with Gasteiger partial charge >= 0.3 is 0 Å². The topological polar surface area (TPSA) is 86.9 Å². The molecule has 0 bridgehead atoms. The number of nitrogens with zero attached hydrogens (tertiary/aromatic N) is 1. The number of aromatic amines is 1. The van der Waals surface area contributed by atoms with Crippen LogP contribution >= 0.6 is 0 Å². The Labute approximate surface area is 154 Å². The quantitative estimate of drug-likeness (QED) is 0.783. The van der Waals surface area contributed by atoms with Crippen molar-refractivity contribution in [1.29, 1.82) is 0 Å². The van der Waals surface area contributed by atoms with E-state index in [9.17, 15) is 9.59 Å². The molecule has 0 saturated heterocycles. The molecular weight excluding hydrogens is 328 g/mol. The van der Waals surface area contributed by atoms with Gasteiger partial charge in [0.1, 0.15) is 11.9 Å². The van der Waals surface area contributed by atoms with E-state index in [1.807, 2.05) is 18.2 Å². The molecule has 2 amide bonds. The van der Waals surface area contributed by atoms with Crippen LogP contribution in [0.15, 0.2) is 18.2 Å². The monoisotopic (exact) mass is 356 g/mol. The van der Waals surface area contributed by atoms with Gasteiger partial charge in [0.15, 0.2) is 0 Å². The fraction of sp³-hybridized carbons (Fsp3) is 0.550. The molecule has 3 N–H and O–H groups in total. The number of imidazole rings is 1. The molecule has 26 heavy (non-hydrogen) atoms. The van der Waals surface area contributed by atoms with Gasteiger partial charge in [0.05, 0.1) is 11.0 Å². The smallest absolute Gasteiger partial charge is 0.247 e. The van der Waals surface area contributed by atoms with Crippen molar-refractivity contribution < 1.29 is 9.59 Å². The minimum Gasteiger partial charge on any atom is -0.344 e. The molecule has 1 saturated carbocycles. The van der Waals surface area contributed by atoms with Crippen molar-refractivity contribution in [2.45, 2.75) is 64.8 Å². The number of aromatic nitrogens is 2. The molecule has 6 heteroatoms. The summed E-state index contributed by atoms with van der Waals surface area (Å²) >= 11 is 0. The van der Waals surface area contributed by atoms with E-state index in [1.165, 1.54) is 6.92 Å². The number of anilines is 1. The molecule has 6 nitrogen and oxygen atoms in total. The summed E-state index contributed by atoms with van der Waals surface area (Å²) in [5.41, 5.74) is 2.41. The Morgan fingerprint density at radius 3 is 2.54 bits per heavy atom. The zero-order valence-corrected chi connectivity index (χ0v) is 16.0. The summed E-state index contributed by atoms with van der Waals surface area (Å²) in [5, 5.41) is 5.79. The molecule has 1 aliphatic rings. The molecule has 0 unspecified atom stereocenters. The fourth-order valence-corrected chi connectivity index (χ4v) is 3.57. The number of nitrogens with one attached hydrogen (secondary N) is 3. The number of carbonyl (C=O) groups is 2. The Balaban J connectivity index is 1.79. The van der Waals surface area contributed by atoms with E-state index in [0.717, 1.165) is 42.5 Å². The standard InChI is InChI=1S/C20H28N4O2/c1-12(25)21-17(13-7-5-6-8-13)18(26)22-14-9-10-15-16(11-14)24-19(23-15)20(2,3)4/h9-11,13,17H,5-8H2,1-4H3,(H,21,25)(H,22,26)(H,23,24)/t17-/m0/s1. The highest BCUT2D eigenvalue weighted by molar-refractivity contribution is 5.98. The van der Waals surface area contributed by atoms with E-state index in [1.54, 1.807) is 0 Å². The van der Waals surface area contributed by atoms with E-state index >= 15 is 0 Å². The third-order valence-electron chi connectivity index (χ3n) is 4.97. The molecule has 0 radical (unpaired) electrons. The van der Waals surface area contributed by atoms with Gasteiger partial charge in [-0.15, -0.1) is 0 Å². The second-order valence-corrected chi connectivity index (χ2v) is 8.28. The summed E-state index contributed by atoms with van der Waals surface area (Å²) < 4.78 is 0. The zero-order valence-electron chi connectivity index (χ0n) is 16.0. The summed E-state index contributed by atoms with van der Waals surface area (Å²) in [4.78, 5) is 32.3. The Hall–Kier alpha value is -2.37. The average molecular weight is 356 g/mol. The summed E-state index contributed by atoms with van der Waals surface area (Å²) in [6.07, 6.45) is 4.19. The third-order valence-corrected chi connectivity index (χ3v) is 4.97. The number of carbonyl (C=O) groups excluding carboxylic acids is 2. The Morgan fingerprint density at radius 1 is 1.23 bits per heavy atom. The van der Waals surface area contributed by atoms with Crippen molar-refractivity contribution in [3.63, 3.8) is 0 Å². The molecule has 1 atom stereocenters. The average Bonchev–Trinajstić information content (AvgIpc) is 3.20. The Kier molecular flexibility index (Phi) is 5.03. The molecule has 0 aliphatic heterocycles. The first kappa shape index (κ1) is 18.4. The molecular formula is C20H28N4O2. The lowest BCUT2D eigenvalue weighted by atomic mass is 9.96. The van der Waals surface area contributed by atoms with E-state index in [2.05, 4.69) is 41.4 Å². The lowest BCUT2D eigenvalue weighted by molar-refractivity contribution is -0.126. The van der Waals surface area contributed by atoms with Gasteiger partial charge in [-0.1, -0.05) is 33.6 Å². The molecule has 1 heterocycles. The molecule has 3 rings (SSSR count). The van der Waals surface area contributed by atoms with Crippen molar-refractivity contribution in [3.8, 4) is 0 Å². The van der Waals surface area contributed by atoms with Crippen LogP contribution in [-0.4, -0.2) is 27.8 Å². The van der Waals surface area contributed by atoms with Crippen molar-refractivity contribution >= 4 is 28.5 Å². The predicted molar refractivity (Wildman–Crippen MR) is 103 cm³/mol. The van der Waals surface area contributed by atoms with Gasteiger partial charge in [0, 0.05) is 18.0 Å². The van der Waals surface area contributed by atoms with Gasteiger partial charge in [-0.3, -0.25) is 9.59 Å². The van der Waals surface area contributed by atoms with Crippen LogP contribution < -0.4 is 10.6 Å². The van der Waals surface area contributed by atoms with Gasteiger partial charge in [-0.05, 0) is 37.0 Å². The second-order valence-electron chi connectivity index (χ2n) is 8.28.